The number of aromatic carboxylic acids is 1. The van der Waals surface area contributed by atoms with Crippen molar-refractivity contribution in [1.82, 2.24) is 9.88 Å². The highest BCUT2D eigenvalue weighted by molar-refractivity contribution is 5.94. The van der Waals surface area contributed by atoms with Gasteiger partial charge in [0.1, 0.15) is 12.3 Å². The van der Waals surface area contributed by atoms with Crippen molar-refractivity contribution in [2.75, 3.05) is 34.4 Å². The molecule has 1 heterocycles. The van der Waals surface area contributed by atoms with Crippen molar-refractivity contribution in [2.24, 2.45) is 0 Å². The fraction of sp³-hybridized carbons (Fsp3) is 0.357. The molecular formula is C14H18N2O4. The number of ether oxygens (including phenoxy) is 2. The van der Waals surface area contributed by atoms with E-state index in [1.807, 2.05) is 19.0 Å². The predicted molar refractivity (Wildman–Crippen MR) is 75.9 cm³/mol. The van der Waals surface area contributed by atoms with E-state index in [4.69, 9.17) is 14.6 Å². The Balaban J connectivity index is 2.30. The first-order valence-electron chi connectivity index (χ1n) is 6.23. The molecule has 2 N–H and O–H groups in total. The summed E-state index contributed by atoms with van der Waals surface area (Å²) in [5.74, 6) is 0.197. The molecule has 0 spiro atoms. The number of carboxylic acids is 1. The Labute approximate surface area is 116 Å². The lowest BCUT2D eigenvalue weighted by Gasteiger charge is -2.13. The zero-order valence-corrected chi connectivity index (χ0v) is 11.8. The number of carbonyl (C=O) groups is 1. The summed E-state index contributed by atoms with van der Waals surface area (Å²) in [5.41, 5.74) is 0.857. The van der Waals surface area contributed by atoms with Crippen molar-refractivity contribution >= 4 is 16.9 Å². The second-order valence-corrected chi connectivity index (χ2v) is 4.73. The van der Waals surface area contributed by atoms with Crippen molar-refractivity contribution in [3.05, 3.63) is 23.9 Å². The summed E-state index contributed by atoms with van der Waals surface area (Å²) < 4.78 is 11.0. The number of carboxylic acid groups (broad SMARTS) is 1. The third-order valence-electron chi connectivity index (χ3n) is 2.93. The number of aromatic amines is 1. The van der Waals surface area contributed by atoms with Crippen molar-refractivity contribution in [3.63, 3.8) is 0 Å². The van der Waals surface area contributed by atoms with Gasteiger partial charge in [-0.3, -0.25) is 0 Å². The molecule has 2 rings (SSSR count). The Bertz CT molecular complexity index is 619. The van der Waals surface area contributed by atoms with Crippen LogP contribution in [-0.2, 0) is 0 Å². The molecule has 0 aliphatic heterocycles. The fourth-order valence-corrected chi connectivity index (χ4v) is 1.87. The van der Waals surface area contributed by atoms with Gasteiger partial charge in [-0.2, -0.15) is 0 Å². The minimum atomic E-state index is -0.991. The van der Waals surface area contributed by atoms with Crippen molar-refractivity contribution < 1.29 is 19.4 Å². The smallest absolute Gasteiger partial charge is 0.352 e. The van der Waals surface area contributed by atoms with E-state index in [0.717, 1.165) is 11.9 Å². The van der Waals surface area contributed by atoms with E-state index in [0.29, 0.717) is 23.6 Å². The van der Waals surface area contributed by atoms with Gasteiger partial charge < -0.3 is 24.5 Å². The molecule has 6 heteroatoms. The average Bonchev–Trinajstić information content (AvgIpc) is 2.80. The Kier molecular flexibility index (Phi) is 4.14. The van der Waals surface area contributed by atoms with Gasteiger partial charge >= 0.3 is 5.97 Å². The molecule has 108 valence electrons. The van der Waals surface area contributed by atoms with E-state index in [1.165, 1.54) is 0 Å². The standard InChI is InChI=1S/C14H18N2O4/c1-16(2)4-5-20-13-8-10-9(7-12(13)19-3)6-11(15-10)14(17)18/h6-8,15H,4-5H2,1-3H3,(H,17,18). The lowest BCUT2D eigenvalue weighted by atomic mass is 10.2. The first-order valence-corrected chi connectivity index (χ1v) is 6.23. The van der Waals surface area contributed by atoms with E-state index in [1.54, 1.807) is 25.3 Å². The highest BCUT2D eigenvalue weighted by Crippen LogP contribution is 2.32. The predicted octanol–water partition coefficient (Wildman–Crippen LogP) is 1.82. The molecule has 0 saturated heterocycles. The molecule has 1 aromatic heterocycles. The normalized spacial score (nSPS) is 11.0. The van der Waals surface area contributed by atoms with Crippen LogP contribution in [0.4, 0.5) is 0 Å². The second kappa shape index (κ2) is 5.83. The first-order chi connectivity index (χ1) is 9.51. The van der Waals surface area contributed by atoms with Gasteiger partial charge in [-0.05, 0) is 26.2 Å². The van der Waals surface area contributed by atoms with Crippen LogP contribution in [0.3, 0.4) is 0 Å². The maximum Gasteiger partial charge on any atom is 0.352 e. The zero-order chi connectivity index (χ0) is 14.7. The Morgan fingerprint density at radius 1 is 1.30 bits per heavy atom. The van der Waals surface area contributed by atoms with E-state index >= 15 is 0 Å². The second-order valence-electron chi connectivity index (χ2n) is 4.73. The molecule has 0 radical (unpaired) electrons. The quantitative estimate of drug-likeness (QED) is 0.843. The number of hydrogen-bond donors (Lipinski definition) is 2. The molecule has 0 unspecified atom stereocenters. The highest BCUT2D eigenvalue weighted by Gasteiger charge is 2.12. The number of nitrogens with zero attached hydrogens (tertiary/aromatic N) is 1. The molecule has 0 aliphatic carbocycles. The monoisotopic (exact) mass is 278 g/mol. The average molecular weight is 278 g/mol. The van der Waals surface area contributed by atoms with Crippen LogP contribution < -0.4 is 9.47 Å². The molecule has 0 fully saturated rings. The topological polar surface area (TPSA) is 74.8 Å². The molecular weight excluding hydrogens is 260 g/mol. The van der Waals surface area contributed by atoms with Crippen LogP contribution in [0.2, 0.25) is 0 Å². The van der Waals surface area contributed by atoms with Crippen LogP contribution >= 0.6 is 0 Å². The Hall–Kier alpha value is -2.21. The number of fused-ring (bicyclic) bond motifs is 1. The third kappa shape index (κ3) is 3.03. The lowest BCUT2D eigenvalue weighted by Crippen LogP contribution is -2.19. The van der Waals surface area contributed by atoms with Crippen LogP contribution in [0.1, 0.15) is 10.5 Å². The van der Waals surface area contributed by atoms with Gasteiger partial charge in [0.05, 0.1) is 12.6 Å². The summed E-state index contributed by atoms with van der Waals surface area (Å²) in [6, 6.07) is 5.10. The minimum Gasteiger partial charge on any atom is -0.493 e. The molecule has 0 amide bonds. The molecule has 0 bridgehead atoms. The maximum atomic E-state index is 11.0. The van der Waals surface area contributed by atoms with Crippen LogP contribution in [0, 0.1) is 0 Å². The summed E-state index contributed by atoms with van der Waals surface area (Å²) in [5, 5.41) is 9.76. The van der Waals surface area contributed by atoms with Gasteiger partial charge in [0.25, 0.3) is 0 Å². The van der Waals surface area contributed by atoms with E-state index in [9.17, 15) is 4.79 Å². The summed E-state index contributed by atoms with van der Waals surface area (Å²) in [6.45, 7) is 1.31. The highest BCUT2D eigenvalue weighted by atomic mass is 16.5. The number of likely N-dealkylation sites (N-methyl/N-ethyl adjacent to an activating group) is 1. The fourth-order valence-electron chi connectivity index (χ4n) is 1.87. The number of benzene rings is 1. The Morgan fingerprint density at radius 2 is 2.05 bits per heavy atom. The molecule has 0 aliphatic rings. The van der Waals surface area contributed by atoms with Gasteiger partial charge in [-0.1, -0.05) is 0 Å². The van der Waals surface area contributed by atoms with Crippen molar-refractivity contribution in [3.8, 4) is 11.5 Å². The number of methoxy groups -OCH3 is 1. The SMILES string of the molecule is COc1cc2cc(C(=O)O)[nH]c2cc1OCCN(C)C. The summed E-state index contributed by atoms with van der Waals surface area (Å²) in [6.07, 6.45) is 0. The molecule has 6 nitrogen and oxygen atoms in total. The number of nitrogens with one attached hydrogen (secondary N) is 1. The molecule has 0 saturated carbocycles. The number of hydrogen-bond acceptors (Lipinski definition) is 4. The summed E-state index contributed by atoms with van der Waals surface area (Å²) in [7, 11) is 5.49. The summed E-state index contributed by atoms with van der Waals surface area (Å²) in [4.78, 5) is 15.8. The van der Waals surface area contributed by atoms with Gasteiger partial charge in [0.15, 0.2) is 11.5 Å². The largest absolute Gasteiger partial charge is 0.493 e. The van der Waals surface area contributed by atoms with Gasteiger partial charge in [0.2, 0.25) is 0 Å². The van der Waals surface area contributed by atoms with Crippen LogP contribution in [0.25, 0.3) is 10.9 Å². The van der Waals surface area contributed by atoms with Crippen molar-refractivity contribution in [2.45, 2.75) is 0 Å². The molecule has 2 aromatic rings. The Morgan fingerprint density at radius 3 is 2.65 bits per heavy atom. The van der Waals surface area contributed by atoms with Crippen molar-refractivity contribution in [1.29, 1.82) is 0 Å². The zero-order valence-electron chi connectivity index (χ0n) is 11.8. The number of rotatable bonds is 6. The van der Waals surface area contributed by atoms with E-state index in [-0.39, 0.29) is 5.69 Å². The lowest BCUT2D eigenvalue weighted by molar-refractivity contribution is 0.0691. The first kappa shape index (κ1) is 14.2. The van der Waals surface area contributed by atoms with Gasteiger partial charge in [-0.15, -0.1) is 0 Å². The minimum absolute atomic E-state index is 0.146. The maximum absolute atomic E-state index is 11.0. The van der Waals surface area contributed by atoms with Crippen LogP contribution in [0.5, 0.6) is 11.5 Å². The molecule has 1 aromatic carbocycles. The molecule has 0 atom stereocenters. The van der Waals surface area contributed by atoms with Gasteiger partial charge in [-0.25, -0.2) is 4.79 Å². The van der Waals surface area contributed by atoms with Crippen LogP contribution in [0.15, 0.2) is 18.2 Å². The number of aromatic nitrogens is 1. The van der Waals surface area contributed by atoms with Crippen LogP contribution in [-0.4, -0.2) is 55.3 Å². The third-order valence-corrected chi connectivity index (χ3v) is 2.93. The van der Waals surface area contributed by atoms with E-state index < -0.39 is 5.97 Å². The van der Waals surface area contributed by atoms with Gasteiger partial charge in [0, 0.05) is 18.0 Å². The number of H-pyrrole nitrogens is 1. The molecule has 20 heavy (non-hydrogen) atoms. The summed E-state index contributed by atoms with van der Waals surface area (Å²) >= 11 is 0. The van der Waals surface area contributed by atoms with E-state index in [2.05, 4.69) is 4.98 Å².